The Bertz CT molecular complexity index is 30.1. The van der Waals surface area contributed by atoms with Gasteiger partial charge in [0.05, 0.1) is 0 Å². The van der Waals surface area contributed by atoms with Gasteiger partial charge in [0.1, 0.15) is 0 Å². The van der Waals surface area contributed by atoms with Crippen LogP contribution in [0.1, 0.15) is 5.71 Å². The summed E-state index contributed by atoms with van der Waals surface area (Å²) in [5, 5.41) is 21.5. The van der Waals surface area contributed by atoms with Crippen molar-refractivity contribution in [3.8, 4) is 0 Å². The molecule has 3 nitrogen and oxygen atoms in total. The predicted octanol–water partition coefficient (Wildman–Crippen LogP) is -7.97. The van der Waals surface area contributed by atoms with Gasteiger partial charge in [0, 0.05) is 0 Å². The fraction of sp³-hybridized carbons (Fsp3) is 0. The zero-order chi connectivity index (χ0) is 3.58. The fourth-order valence-corrected chi connectivity index (χ4v) is 0. The summed E-state index contributed by atoms with van der Waals surface area (Å²) in [5.74, 6) is 0. The van der Waals surface area contributed by atoms with E-state index in [4.69, 9.17) is 15.1 Å². The molecule has 0 aliphatic rings. The molecule has 32 valence electrons. The quantitative estimate of drug-likeness (QED) is 0.383. The first-order valence-electron chi connectivity index (χ1n) is 0.775. The van der Waals surface area contributed by atoms with E-state index in [9.17, 15) is 0 Å². The molecule has 0 rings (SSSR count). The molecule has 0 heterocycles. The monoisotopic (exact) mass is 344 g/mol. The Morgan fingerprint density at radius 3 is 1.14 bits per heavy atom. The van der Waals surface area contributed by atoms with E-state index in [1.165, 1.54) is 0 Å². The Kier molecular flexibility index (Phi) is 53.4. The molecule has 0 unspecified atom stereocenters. The van der Waals surface area contributed by atoms with Crippen LogP contribution in [0.4, 0.5) is 0 Å². The van der Waals surface area contributed by atoms with E-state index >= 15 is 0 Å². The van der Waals surface area contributed by atoms with Gasteiger partial charge in [-0.2, -0.15) is 0 Å². The third kappa shape index (κ3) is 39.1. The summed E-state index contributed by atoms with van der Waals surface area (Å²) >= 11 is 0. The first-order chi connectivity index (χ1) is 1.73. The van der Waals surface area contributed by atoms with Crippen LogP contribution in [-0.4, -0.2) is 71.3 Å². The maximum Gasteiger partial charge on any atom is 2.00 e. The summed E-state index contributed by atoms with van der Waals surface area (Å²) in [7, 11) is -2.17. The van der Waals surface area contributed by atoms with E-state index in [1.54, 1.807) is 0 Å². The first kappa shape index (κ1) is 22.5. The van der Waals surface area contributed by atoms with Crippen LogP contribution in [0.3, 0.4) is 0 Å². The Labute approximate surface area is 160 Å². The predicted molar refractivity (Wildman–Crippen MR) is 22.6 cm³/mol. The average Bonchev–Trinajstić information content (AvgIpc) is 0.811. The van der Waals surface area contributed by atoms with Crippen molar-refractivity contribution < 1.29 is 109 Å². The van der Waals surface area contributed by atoms with Crippen LogP contribution in [0.2, 0.25) is 0 Å². The van der Waals surface area contributed by atoms with Crippen molar-refractivity contribution >= 4 is 56.2 Å². The fourth-order valence-electron chi connectivity index (χ4n) is 0. The molecule has 0 atom stereocenters. The van der Waals surface area contributed by atoms with E-state index in [0.29, 0.717) is 0 Å². The summed E-state index contributed by atoms with van der Waals surface area (Å²) in [6.07, 6.45) is 0. The van der Waals surface area contributed by atoms with Gasteiger partial charge in [-0.1, -0.05) is 0 Å². The molecule has 7 heavy (non-hydrogen) atoms. The van der Waals surface area contributed by atoms with Crippen LogP contribution in [0, 0.1) is 0 Å². The molecular weight excluding hydrogens is 336 g/mol. The van der Waals surface area contributed by atoms with Gasteiger partial charge in [0.2, 0.25) is 0 Å². The van der Waals surface area contributed by atoms with Gasteiger partial charge in [0.25, 0.3) is 0 Å². The van der Waals surface area contributed by atoms with E-state index in [0.717, 1.165) is 0 Å². The summed E-state index contributed by atoms with van der Waals surface area (Å²) in [6.45, 7) is 0. The van der Waals surface area contributed by atoms with Crippen LogP contribution < -0.4 is 87.8 Å². The van der Waals surface area contributed by atoms with Crippen molar-refractivity contribution in [2.24, 2.45) is 0 Å². The van der Waals surface area contributed by atoms with Gasteiger partial charge < -0.3 is 20.8 Å². The van der Waals surface area contributed by atoms with Crippen LogP contribution in [-0.2, 0) is 0 Å². The van der Waals surface area contributed by atoms with Crippen molar-refractivity contribution in [3.05, 3.63) is 0 Å². The van der Waals surface area contributed by atoms with Gasteiger partial charge in [-0.25, -0.2) is 0 Å². The molecule has 3 N–H and O–H groups in total. The summed E-state index contributed by atoms with van der Waals surface area (Å²) < 4.78 is 0. The largest absolute Gasteiger partial charge is 2.00 e. The molecule has 0 saturated carbocycles. The van der Waals surface area contributed by atoms with Crippen LogP contribution in [0.15, 0.2) is 0 Å². The van der Waals surface area contributed by atoms with Crippen LogP contribution in [0.25, 0.3) is 0 Å². The second-order valence-corrected chi connectivity index (χ2v) is 0.346. The van der Waals surface area contributed by atoms with Gasteiger partial charge in [-0.3, -0.25) is 0 Å². The molecule has 7 heteroatoms. The van der Waals surface area contributed by atoms with Crippen LogP contribution in [0.5, 0.6) is 0 Å². The molecular formula is H7BBaCsLiO3. The molecule has 0 fully saturated rings. The SMILES string of the molecule is OB(O)O.[Ba+2].[Cs+].[H-].[H-].[H-].[H-].[Li+]. The molecule has 0 aliphatic heterocycles. The van der Waals surface area contributed by atoms with Crippen molar-refractivity contribution in [2.45, 2.75) is 0 Å². The smallest absolute Gasteiger partial charge is 1.00 e. The van der Waals surface area contributed by atoms with E-state index in [-0.39, 0.29) is 142 Å². The molecule has 0 saturated heterocycles. The third-order valence-corrected chi connectivity index (χ3v) is 0. The number of hydrogen-bond donors (Lipinski definition) is 3. The Morgan fingerprint density at radius 1 is 1.14 bits per heavy atom. The topological polar surface area (TPSA) is 60.7 Å². The van der Waals surface area contributed by atoms with Crippen molar-refractivity contribution in [1.82, 2.24) is 0 Å². The number of rotatable bonds is 0. The van der Waals surface area contributed by atoms with Crippen molar-refractivity contribution in [3.63, 3.8) is 0 Å². The van der Waals surface area contributed by atoms with Gasteiger partial charge in [-0.05, 0) is 0 Å². The second-order valence-electron chi connectivity index (χ2n) is 0.346. The molecule has 0 aliphatic carbocycles. The van der Waals surface area contributed by atoms with Crippen molar-refractivity contribution in [1.29, 1.82) is 0 Å². The Morgan fingerprint density at radius 2 is 1.14 bits per heavy atom. The molecule has 0 aromatic heterocycles. The Hall–Kier alpha value is 4.17. The maximum absolute atomic E-state index is 7.17. The zero-order valence-corrected chi connectivity index (χ0v) is 15.3. The van der Waals surface area contributed by atoms with Crippen LogP contribution >= 0.6 is 0 Å². The minimum absolute atomic E-state index is 0. The Balaban J connectivity index is -0.00000000214. The molecule has 0 bridgehead atoms. The summed E-state index contributed by atoms with van der Waals surface area (Å²) in [4.78, 5) is 0. The second kappa shape index (κ2) is 16.6. The average molecular weight is 343 g/mol. The van der Waals surface area contributed by atoms with E-state index < -0.39 is 7.32 Å². The summed E-state index contributed by atoms with van der Waals surface area (Å²) in [5.41, 5.74) is 0. The third-order valence-electron chi connectivity index (χ3n) is 0. The number of hydrogen-bond acceptors (Lipinski definition) is 3. The molecule has 0 aromatic carbocycles. The maximum atomic E-state index is 7.17. The minimum atomic E-state index is -2.17. The first-order valence-corrected chi connectivity index (χ1v) is 0.775. The molecule has 0 spiro atoms. The van der Waals surface area contributed by atoms with Gasteiger partial charge in [-0.15, -0.1) is 0 Å². The molecule has 0 radical (unpaired) electrons. The summed E-state index contributed by atoms with van der Waals surface area (Å²) in [6, 6.07) is 0. The van der Waals surface area contributed by atoms with E-state index in [2.05, 4.69) is 0 Å². The molecule has 0 amide bonds. The minimum Gasteiger partial charge on any atom is -1.00 e. The standard InChI is InChI=1S/BH3O3.Ba.Cs.Li.4H/c2-1(3)4;;;;;;;/h2-4H;;;;;;;/q;+2;2*+1;4*-1. The van der Waals surface area contributed by atoms with Crippen molar-refractivity contribution in [2.75, 3.05) is 0 Å². The normalized spacial score (nSPS) is 3.86. The van der Waals surface area contributed by atoms with Gasteiger partial charge >= 0.3 is 144 Å². The van der Waals surface area contributed by atoms with E-state index in [1.807, 2.05) is 0 Å². The zero-order valence-electron chi connectivity index (χ0n) is 8.63. The van der Waals surface area contributed by atoms with Gasteiger partial charge in [0.15, 0.2) is 0 Å². The molecule has 0 aromatic rings.